The second-order valence-corrected chi connectivity index (χ2v) is 5.28. The molecule has 1 N–H and O–H groups in total. The first-order valence-corrected chi connectivity index (χ1v) is 6.94. The quantitative estimate of drug-likeness (QED) is 0.917. The second kappa shape index (κ2) is 6.87. The zero-order chi connectivity index (χ0) is 17.0. The minimum absolute atomic E-state index is 0.0308. The van der Waals surface area contributed by atoms with Crippen LogP contribution < -0.4 is 5.32 Å². The molecule has 2 rings (SSSR count). The fourth-order valence-electron chi connectivity index (χ4n) is 2.15. The van der Waals surface area contributed by atoms with E-state index in [2.05, 4.69) is 5.32 Å². The lowest BCUT2D eigenvalue weighted by Crippen LogP contribution is -2.34. The molecule has 23 heavy (non-hydrogen) atoms. The SMILES string of the molecule is CN(C)[C@H](CNC(=O)c1cccc(C(F)(F)F)c1)c1ccco1. The molecule has 0 saturated heterocycles. The van der Waals surface area contributed by atoms with Gasteiger partial charge in [-0.3, -0.25) is 9.69 Å². The first-order chi connectivity index (χ1) is 10.8. The molecule has 0 radical (unpaired) electrons. The highest BCUT2D eigenvalue weighted by molar-refractivity contribution is 5.94. The Morgan fingerprint density at radius 2 is 2.00 bits per heavy atom. The zero-order valence-electron chi connectivity index (χ0n) is 12.7. The van der Waals surface area contributed by atoms with E-state index in [0.717, 1.165) is 12.1 Å². The van der Waals surface area contributed by atoms with Gasteiger partial charge in [0, 0.05) is 12.1 Å². The van der Waals surface area contributed by atoms with Crippen molar-refractivity contribution in [1.29, 1.82) is 0 Å². The Balaban J connectivity index is 2.07. The van der Waals surface area contributed by atoms with Crippen molar-refractivity contribution in [2.24, 2.45) is 0 Å². The maximum atomic E-state index is 12.7. The molecule has 2 aromatic rings. The zero-order valence-corrected chi connectivity index (χ0v) is 12.7. The van der Waals surface area contributed by atoms with Crippen LogP contribution in [0.15, 0.2) is 47.1 Å². The molecule has 1 amide bonds. The highest BCUT2D eigenvalue weighted by Gasteiger charge is 2.31. The third-order valence-corrected chi connectivity index (χ3v) is 3.40. The van der Waals surface area contributed by atoms with Crippen molar-refractivity contribution in [3.05, 3.63) is 59.5 Å². The van der Waals surface area contributed by atoms with Crippen LogP contribution in [0.3, 0.4) is 0 Å². The largest absolute Gasteiger partial charge is 0.468 e. The van der Waals surface area contributed by atoms with E-state index in [9.17, 15) is 18.0 Å². The number of hydrogen-bond donors (Lipinski definition) is 1. The molecule has 1 atom stereocenters. The average Bonchev–Trinajstić information content (AvgIpc) is 3.00. The number of hydrogen-bond acceptors (Lipinski definition) is 3. The van der Waals surface area contributed by atoms with E-state index in [1.807, 2.05) is 19.0 Å². The van der Waals surface area contributed by atoms with Gasteiger partial charge in [-0.05, 0) is 44.4 Å². The fraction of sp³-hybridized carbons (Fsp3) is 0.312. The topological polar surface area (TPSA) is 45.5 Å². The van der Waals surface area contributed by atoms with Crippen molar-refractivity contribution in [3.8, 4) is 0 Å². The number of carbonyl (C=O) groups is 1. The number of amides is 1. The summed E-state index contributed by atoms with van der Waals surface area (Å²) >= 11 is 0. The van der Waals surface area contributed by atoms with E-state index in [1.165, 1.54) is 18.4 Å². The Labute approximate surface area is 131 Å². The number of carbonyl (C=O) groups excluding carboxylic acids is 1. The molecule has 0 aliphatic rings. The molecule has 4 nitrogen and oxygen atoms in total. The minimum atomic E-state index is -4.48. The van der Waals surface area contributed by atoms with Crippen molar-refractivity contribution < 1.29 is 22.4 Å². The van der Waals surface area contributed by atoms with E-state index in [4.69, 9.17) is 4.42 Å². The lowest BCUT2D eigenvalue weighted by molar-refractivity contribution is -0.137. The highest BCUT2D eigenvalue weighted by Crippen LogP contribution is 2.29. The third kappa shape index (κ3) is 4.35. The van der Waals surface area contributed by atoms with Gasteiger partial charge in [0.1, 0.15) is 5.76 Å². The first kappa shape index (κ1) is 17.1. The van der Waals surface area contributed by atoms with Crippen LogP contribution in [0.5, 0.6) is 0 Å². The Kier molecular flexibility index (Phi) is 5.10. The molecule has 0 fully saturated rings. The van der Waals surface area contributed by atoms with Crippen LogP contribution >= 0.6 is 0 Å². The smallest absolute Gasteiger partial charge is 0.416 e. The van der Waals surface area contributed by atoms with Gasteiger partial charge in [0.15, 0.2) is 0 Å². The summed E-state index contributed by atoms with van der Waals surface area (Å²) in [5.74, 6) is 0.105. The molecule has 1 aromatic carbocycles. The molecule has 0 aliphatic heterocycles. The lowest BCUT2D eigenvalue weighted by atomic mass is 10.1. The Morgan fingerprint density at radius 1 is 1.26 bits per heavy atom. The van der Waals surface area contributed by atoms with Crippen LogP contribution in [0.4, 0.5) is 13.2 Å². The molecule has 0 aliphatic carbocycles. The summed E-state index contributed by atoms with van der Waals surface area (Å²) in [6.45, 7) is 0.218. The Hall–Kier alpha value is -2.28. The van der Waals surface area contributed by atoms with Gasteiger partial charge in [-0.2, -0.15) is 13.2 Å². The Morgan fingerprint density at radius 3 is 2.57 bits per heavy atom. The molecule has 0 spiro atoms. The van der Waals surface area contributed by atoms with E-state index < -0.39 is 17.6 Å². The van der Waals surface area contributed by atoms with Gasteiger partial charge in [0.2, 0.25) is 0 Å². The van der Waals surface area contributed by atoms with E-state index >= 15 is 0 Å². The highest BCUT2D eigenvalue weighted by atomic mass is 19.4. The summed E-state index contributed by atoms with van der Waals surface area (Å²) in [5.41, 5.74) is -0.878. The van der Waals surface area contributed by atoms with Crippen LogP contribution in [0.2, 0.25) is 0 Å². The van der Waals surface area contributed by atoms with Crippen LogP contribution in [0.25, 0.3) is 0 Å². The molecule has 0 bridgehead atoms. The van der Waals surface area contributed by atoms with Crippen LogP contribution in [0, 0.1) is 0 Å². The maximum absolute atomic E-state index is 12.7. The van der Waals surface area contributed by atoms with Crippen LogP contribution in [-0.2, 0) is 6.18 Å². The first-order valence-electron chi connectivity index (χ1n) is 6.94. The van der Waals surface area contributed by atoms with Crippen molar-refractivity contribution >= 4 is 5.91 Å². The van der Waals surface area contributed by atoms with Gasteiger partial charge < -0.3 is 9.73 Å². The van der Waals surface area contributed by atoms with Crippen molar-refractivity contribution in [2.45, 2.75) is 12.2 Å². The lowest BCUT2D eigenvalue weighted by Gasteiger charge is -2.22. The molecular weight excluding hydrogens is 309 g/mol. The number of furan rings is 1. The molecule has 1 heterocycles. The van der Waals surface area contributed by atoms with Gasteiger partial charge in [-0.1, -0.05) is 6.07 Å². The van der Waals surface area contributed by atoms with Gasteiger partial charge in [0.05, 0.1) is 17.9 Å². The third-order valence-electron chi connectivity index (χ3n) is 3.40. The minimum Gasteiger partial charge on any atom is -0.468 e. The number of likely N-dealkylation sites (N-methyl/N-ethyl adjacent to an activating group) is 1. The Bertz CT molecular complexity index is 652. The number of nitrogens with one attached hydrogen (secondary N) is 1. The average molecular weight is 326 g/mol. The van der Waals surface area contributed by atoms with E-state index in [0.29, 0.717) is 5.76 Å². The van der Waals surface area contributed by atoms with Crippen LogP contribution in [0.1, 0.15) is 27.7 Å². The van der Waals surface area contributed by atoms with Crippen LogP contribution in [-0.4, -0.2) is 31.4 Å². The molecule has 124 valence electrons. The molecule has 1 aromatic heterocycles. The number of nitrogens with zero attached hydrogens (tertiary/aromatic N) is 1. The summed E-state index contributed by atoms with van der Waals surface area (Å²) in [6.07, 6.45) is -2.95. The van der Waals surface area contributed by atoms with Gasteiger partial charge >= 0.3 is 6.18 Å². The van der Waals surface area contributed by atoms with E-state index in [-0.39, 0.29) is 18.2 Å². The standard InChI is InChI=1S/C16H17F3N2O2/c1-21(2)13(14-7-4-8-23-14)10-20-15(22)11-5-3-6-12(9-11)16(17,18)19/h3-9,13H,10H2,1-2H3,(H,20,22)/t13-/m1/s1. The van der Waals surface area contributed by atoms with Gasteiger partial charge in [-0.25, -0.2) is 0 Å². The van der Waals surface area contributed by atoms with Crippen molar-refractivity contribution in [2.75, 3.05) is 20.6 Å². The normalized spacial score (nSPS) is 13.1. The van der Waals surface area contributed by atoms with Gasteiger partial charge in [0.25, 0.3) is 5.91 Å². The molecule has 0 saturated carbocycles. The molecule has 0 unspecified atom stereocenters. The maximum Gasteiger partial charge on any atom is 0.416 e. The summed E-state index contributed by atoms with van der Waals surface area (Å²) in [7, 11) is 3.65. The molecule has 7 heteroatoms. The van der Waals surface area contributed by atoms with Gasteiger partial charge in [-0.15, -0.1) is 0 Å². The second-order valence-electron chi connectivity index (χ2n) is 5.28. The molecular formula is C16H17F3N2O2. The fourth-order valence-corrected chi connectivity index (χ4v) is 2.15. The number of benzene rings is 1. The predicted molar refractivity (Wildman–Crippen MR) is 78.9 cm³/mol. The van der Waals surface area contributed by atoms with Crippen molar-refractivity contribution in [1.82, 2.24) is 10.2 Å². The number of alkyl halides is 3. The van der Waals surface area contributed by atoms with E-state index in [1.54, 1.807) is 12.1 Å². The predicted octanol–water partition coefficient (Wildman–Crippen LogP) is 3.33. The monoisotopic (exact) mass is 326 g/mol. The summed E-state index contributed by atoms with van der Waals surface area (Å²) in [4.78, 5) is 13.9. The number of rotatable bonds is 5. The summed E-state index contributed by atoms with van der Waals surface area (Å²) in [6, 6.07) is 7.65. The number of halogens is 3. The summed E-state index contributed by atoms with van der Waals surface area (Å²) < 4.78 is 43.4. The van der Waals surface area contributed by atoms with Crippen molar-refractivity contribution in [3.63, 3.8) is 0 Å². The summed E-state index contributed by atoms with van der Waals surface area (Å²) in [5, 5.41) is 2.64.